The zero-order valence-electron chi connectivity index (χ0n) is 11.2. The van der Waals surface area contributed by atoms with E-state index >= 15 is 0 Å². The third-order valence-electron chi connectivity index (χ3n) is 2.03. The summed E-state index contributed by atoms with van der Waals surface area (Å²) in [5, 5.41) is 1.76. The van der Waals surface area contributed by atoms with E-state index in [9.17, 15) is 0 Å². The van der Waals surface area contributed by atoms with Crippen molar-refractivity contribution in [3.63, 3.8) is 0 Å². The first-order valence-electron chi connectivity index (χ1n) is 5.86. The van der Waals surface area contributed by atoms with Gasteiger partial charge in [-0.3, -0.25) is 4.99 Å². The van der Waals surface area contributed by atoms with Crippen LogP contribution in [0.3, 0.4) is 0 Å². The summed E-state index contributed by atoms with van der Waals surface area (Å²) < 4.78 is 0. The van der Waals surface area contributed by atoms with E-state index in [4.69, 9.17) is 0 Å². The van der Waals surface area contributed by atoms with Crippen LogP contribution in [-0.4, -0.2) is 5.71 Å². The van der Waals surface area contributed by atoms with Gasteiger partial charge in [-0.05, 0) is 24.3 Å². The summed E-state index contributed by atoms with van der Waals surface area (Å²) >= 11 is 1.48. The lowest BCUT2D eigenvalue weighted by Crippen LogP contribution is -2.01. The summed E-state index contributed by atoms with van der Waals surface area (Å²) in [5.74, 6) is 0. The van der Waals surface area contributed by atoms with E-state index < -0.39 is 0 Å². The van der Waals surface area contributed by atoms with E-state index in [1.165, 1.54) is 11.8 Å². The number of hydrogen-bond acceptors (Lipinski definition) is 2. The highest BCUT2D eigenvalue weighted by Gasteiger charge is 2.06. The first kappa shape index (κ1) is 16.5. The van der Waals surface area contributed by atoms with E-state index in [0.29, 0.717) is 0 Å². The van der Waals surface area contributed by atoms with Crippen LogP contribution in [0.2, 0.25) is 0 Å². The minimum absolute atomic E-state index is 0.866. The van der Waals surface area contributed by atoms with Crippen LogP contribution in [0.25, 0.3) is 0 Å². The van der Waals surface area contributed by atoms with E-state index in [1.54, 1.807) is 11.5 Å². The van der Waals surface area contributed by atoms with Gasteiger partial charge in [0.2, 0.25) is 0 Å². The lowest BCUT2D eigenvalue weighted by Gasteiger charge is -2.07. The molecule has 96 valence electrons. The van der Waals surface area contributed by atoms with Gasteiger partial charge in [-0.1, -0.05) is 68.8 Å². The van der Waals surface area contributed by atoms with Gasteiger partial charge in [0, 0.05) is 11.1 Å². The molecule has 0 aliphatic heterocycles. The molecule has 18 heavy (non-hydrogen) atoms. The van der Waals surface area contributed by atoms with E-state index in [-0.39, 0.29) is 0 Å². The van der Waals surface area contributed by atoms with Crippen LogP contribution in [0.15, 0.2) is 77.2 Å². The van der Waals surface area contributed by atoms with Crippen LogP contribution in [0, 0.1) is 0 Å². The molecule has 0 radical (unpaired) electrons. The van der Waals surface area contributed by atoms with Gasteiger partial charge in [0.15, 0.2) is 0 Å². The number of aliphatic imine (C=N–C) groups is 1. The van der Waals surface area contributed by atoms with E-state index in [2.05, 4.69) is 31.7 Å². The largest absolute Gasteiger partial charge is 0.255 e. The molecule has 0 rings (SSSR count). The van der Waals surface area contributed by atoms with Gasteiger partial charge in [-0.2, -0.15) is 0 Å². The van der Waals surface area contributed by atoms with Crippen LogP contribution in [0.4, 0.5) is 0 Å². The molecule has 0 aromatic heterocycles. The van der Waals surface area contributed by atoms with Crippen molar-refractivity contribution in [2.75, 3.05) is 0 Å². The Balaban J connectivity index is 5.30. The molecule has 1 nitrogen and oxygen atoms in total. The maximum absolute atomic E-state index is 4.47. The maximum Gasteiger partial charge on any atom is 0.0831 e. The molecular formula is C16H21NS. The van der Waals surface area contributed by atoms with Gasteiger partial charge < -0.3 is 0 Å². The Hall–Kier alpha value is -1.54. The summed E-state index contributed by atoms with van der Waals surface area (Å²) in [6.07, 6.45) is 12.4. The Morgan fingerprint density at radius 2 is 2.06 bits per heavy atom. The molecule has 0 aliphatic carbocycles. The molecule has 0 N–H and O–H groups in total. The Morgan fingerprint density at radius 1 is 1.33 bits per heavy atom. The van der Waals surface area contributed by atoms with Crippen molar-refractivity contribution in [1.82, 2.24) is 0 Å². The highest BCUT2D eigenvalue weighted by Crippen LogP contribution is 2.21. The summed E-state index contributed by atoms with van der Waals surface area (Å²) in [5.41, 5.74) is 1.89. The summed E-state index contributed by atoms with van der Waals surface area (Å²) in [4.78, 5) is 5.35. The van der Waals surface area contributed by atoms with Crippen molar-refractivity contribution in [3.05, 3.63) is 72.2 Å². The van der Waals surface area contributed by atoms with Gasteiger partial charge in [-0.15, -0.1) is 0 Å². The van der Waals surface area contributed by atoms with Crippen molar-refractivity contribution in [2.24, 2.45) is 4.99 Å². The third-order valence-corrected chi connectivity index (χ3v) is 2.68. The summed E-state index contributed by atoms with van der Waals surface area (Å²) in [7, 11) is 0. The number of rotatable bonds is 8. The van der Waals surface area contributed by atoms with Crippen molar-refractivity contribution in [1.29, 1.82) is 0 Å². The second-order valence-corrected chi connectivity index (χ2v) is 4.38. The Morgan fingerprint density at radius 3 is 2.56 bits per heavy atom. The molecule has 0 spiro atoms. The molecular weight excluding hydrogens is 238 g/mol. The standard InChI is InChI=1S/C16H21NS/c1-6-10-12-15(8-3)16(14(5)18-9-4)17-13-11-7-2/h6,8-13H,1,4-5,7H2,2-3H3/b12-10-,13-11-,15-8+,17-16-. The first-order chi connectivity index (χ1) is 8.71. The van der Waals surface area contributed by atoms with Gasteiger partial charge in [-0.25, -0.2) is 0 Å². The van der Waals surface area contributed by atoms with Gasteiger partial charge >= 0.3 is 0 Å². The van der Waals surface area contributed by atoms with Gasteiger partial charge in [0.25, 0.3) is 0 Å². The Labute approximate surface area is 115 Å². The second-order valence-electron chi connectivity index (χ2n) is 3.32. The lowest BCUT2D eigenvalue weighted by molar-refractivity contribution is 1.21. The zero-order chi connectivity index (χ0) is 13.8. The average Bonchev–Trinajstić information content (AvgIpc) is 2.37. The number of allylic oxidation sites excluding steroid dienone is 7. The first-order valence-corrected chi connectivity index (χ1v) is 6.74. The quantitative estimate of drug-likeness (QED) is 0.418. The van der Waals surface area contributed by atoms with Crippen LogP contribution in [-0.2, 0) is 0 Å². The molecule has 0 bridgehead atoms. The summed E-state index contributed by atoms with van der Waals surface area (Å²) in [6.45, 7) is 15.5. The normalized spacial score (nSPS) is 13.2. The highest BCUT2D eigenvalue weighted by molar-refractivity contribution is 8.06. The highest BCUT2D eigenvalue weighted by atomic mass is 32.2. The second kappa shape index (κ2) is 10.6. The zero-order valence-corrected chi connectivity index (χ0v) is 12.0. The lowest BCUT2D eigenvalue weighted by atomic mass is 10.1. The molecule has 0 unspecified atom stereocenters. The predicted molar refractivity (Wildman–Crippen MR) is 86.9 cm³/mol. The molecule has 0 amide bonds. The summed E-state index contributed by atoms with van der Waals surface area (Å²) in [6, 6.07) is 0. The molecule has 0 aliphatic rings. The topological polar surface area (TPSA) is 12.4 Å². The maximum atomic E-state index is 4.47. The van der Waals surface area contributed by atoms with Gasteiger partial charge in [0.05, 0.1) is 5.71 Å². The molecule has 0 saturated carbocycles. The monoisotopic (exact) mass is 259 g/mol. The molecule has 0 saturated heterocycles. The van der Waals surface area contributed by atoms with Crippen LogP contribution < -0.4 is 0 Å². The fraction of sp³-hybridized carbons (Fsp3) is 0.188. The molecule has 2 heteroatoms. The third kappa shape index (κ3) is 6.26. The predicted octanol–water partition coefficient (Wildman–Crippen LogP) is 5.43. The van der Waals surface area contributed by atoms with Crippen LogP contribution in [0.5, 0.6) is 0 Å². The number of nitrogens with zero attached hydrogens (tertiary/aromatic N) is 1. The molecule has 0 aromatic rings. The SMILES string of the molecule is C=C\C=C/C(=C\C)C(=N\C=C/CC)/C(=C)SC=C. The van der Waals surface area contributed by atoms with Crippen molar-refractivity contribution < 1.29 is 0 Å². The Bertz CT molecular complexity index is 409. The van der Waals surface area contributed by atoms with Gasteiger partial charge in [0.1, 0.15) is 0 Å². The van der Waals surface area contributed by atoms with Crippen LogP contribution in [0.1, 0.15) is 20.3 Å². The number of thioether (sulfide) groups is 1. The van der Waals surface area contributed by atoms with E-state index in [0.717, 1.165) is 22.6 Å². The Kier molecular flexibility index (Phi) is 9.70. The molecule has 0 aromatic carbocycles. The fourth-order valence-corrected chi connectivity index (χ4v) is 1.66. The van der Waals surface area contributed by atoms with Crippen molar-refractivity contribution in [3.8, 4) is 0 Å². The average molecular weight is 259 g/mol. The molecule has 0 fully saturated rings. The fourth-order valence-electron chi connectivity index (χ4n) is 1.18. The molecule has 0 heterocycles. The van der Waals surface area contributed by atoms with Crippen molar-refractivity contribution in [2.45, 2.75) is 20.3 Å². The van der Waals surface area contributed by atoms with E-state index in [1.807, 2.05) is 37.4 Å². The number of hydrogen-bond donors (Lipinski definition) is 0. The smallest absolute Gasteiger partial charge is 0.0831 e. The van der Waals surface area contributed by atoms with Crippen molar-refractivity contribution >= 4 is 17.5 Å². The van der Waals surface area contributed by atoms with Crippen LogP contribution >= 0.6 is 11.8 Å². The molecule has 0 atom stereocenters. The minimum Gasteiger partial charge on any atom is -0.255 e. The minimum atomic E-state index is 0.866.